The zero-order valence-electron chi connectivity index (χ0n) is 13.9. The topological polar surface area (TPSA) is 21.6 Å². The van der Waals surface area contributed by atoms with Crippen molar-refractivity contribution in [1.82, 2.24) is 0 Å². The van der Waals surface area contributed by atoms with Crippen LogP contribution < -0.4 is 4.74 Å². The normalized spacial score (nSPS) is 22.9. The van der Waals surface area contributed by atoms with Crippen LogP contribution in [0.15, 0.2) is 59.6 Å². The van der Waals surface area contributed by atoms with Crippen LogP contribution in [0.1, 0.15) is 39.7 Å². The summed E-state index contributed by atoms with van der Waals surface area (Å²) in [6.07, 6.45) is 11.8. The number of aliphatic imine (C=N–C) groups is 1. The van der Waals surface area contributed by atoms with E-state index in [1.165, 1.54) is 11.1 Å². The molecule has 0 saturated carbocycles. The highest BCUT2D eigenvalue weighted by atomic mass is 16.5. The summed E-state index contributed by atoms with van der Waals surface area (Å²) >= 11 is 0. The molecule has 0 N–H and O–H groups in total. The Hall–Kier alpha value is -2.09. The molecule has 2 nitrogen and oxygen atoms in total. The maximum Gasteiger partial charge on any atom is 0.128 e. The molecule has 0 amide bonds. The van der Waals surface area contributed by atoms with Crippen LogP contribution in [0.2, 0.25) is 0 Å². The first kappa shape index (κ1) is 16.3. The lowest BCUT2D eigenvalue weighted by Crippen LogP contribution is -2.11. The van der Waals surface area contributed by atoms with Crippen LogP contribution >= 0.6 is 0 Å². The Morgan fingerprint density at radius 1 is 1.18 bits per heavy atom. The van der Waals surface area contributed by atoms with E-state index in [9.17, 15) is 0 Å². The van der Waals surface area contributed by atoms with Crippen LogP contribution in [0, 0.1) is 0 Å². The van der Waals surface area contributed by atoms with Crippen LogP contribution in [0.3, 0.4) is 0 Å². The summed E-state index contributed by atoms with van der Waals surface area (Å²) in [4.78, 5) is 4.19. The standard InChI is InChI=1S/C12H10O.C6H9N.C2H6/c1-3-7-11-9(5-1)10-6-2-4-8-12(10)13-11;1-5-3-4-6(2)7-5;1-2/h1-7,12H,8H2;3-5H,1-2H3;1-2H3. The fourth-order valence-corrected chi connectivity index (χ4v) is 2.63. The Kier molecular flexibility index (Phi) is 5.76. The fourth-order valence-electron chi connectivity index (χ4n) is 2.63. The number of hydrogen-bond acceptors (Lipinski definition) is 2. The summed E-state index contributed by atoms with van der Waals surface area (Å²) in [5.74, 6) is 1.03. The van der Waals surface area contributed by atoms with Gasteiger partial charge in [-0.15, -0.1) is 0 Å². The lowest BCUT2D eigenvalue weighted by Gasteiger charge is -2.12. The molecule has 0 aromatic heterocycles. The number of nitrogens with zero attached hydrogens (tertiary/aromatic N) is 1. The van der Waals surface area contributed by atoms with E-state index in [-0.39, 0.29) is 6.10 Å². The van der Waals surface area contributed by atoms with Gasteiger partial charge in [-0.3, -0.25) is 4.99 Å². The molecule has 0 saturated heterocycles. The zero-order valence-corrected chi connectivity index (χ0v) is 13.9. The number of hydrogen-bond donors (Lipinski definition) is 0. The van der Waals surface area contributed by atoms with Gasteiger partial charge in [0.25, 0.3) is 0 Å². The molecule has 116 valence electrons. The summed E-state index contributed by atoms with van der Waals surface area (Å²) in [7, 11) is 0. The van der Waals surface area contributed by atoms with Gasteiger partial charge in [0, 0.05) is 23.3 Å². The Morgan fingerprint density at radius 3 is 2.59 bits per heavy atom. The molecule has 1 aromatic rings. The Balaban J connectivity index is 0.000000167. The second-order valence-electron chi connectivity index (χ2n) is 5.26. The van der Waals surface area contributed by atoms with Gasteiger partial charge in [0.1, 0.15) is 11.9 Å². The van der Waals surface area contributed by atoms with E-state index in [4.69, 9.17) is 4.74 Å². The van der Waals surface area contributed by atoms with Crippen molar-refractivity contribution in [2.75, 3.05) is 0 Å². The molecule has 0 bridgehead atoms. The van der Waals surface area contributed by atoms with Crippen molar-refractivity contribution in [3.63, 3.8) is 0 Å². The van der Waals surface area contributed by atoms with Gasteiger partial charge in [-0.25, -0.2) is 0 Å². The first-order valence-electron chi connectivity index (χ1n) is 8.09. The highest BCUT2D eigenvalue weighted by Crippen LogP contribution is 2.39. The highest BCUT2D eigenvalue weighted by Gasteiger charge is 2.27. The van der Waals surface area contributed by atoms with Crippen LogP contribution in [-0.2, 0) is 0 Å². The summed E-state index contributed by atoms with van der Waals surface area (Å²) in [6.45, 7) is 8.09. The summed E-state index contributed by atoms with van der Waals surface area (Å²) in [5, 5.41) is 0. The van der Waals surface area contributed by atoms with Gasteiger partial charge < -0.3 is 4.74 Å². The van der Waals surface area contributed by atoms with Gasteiger partial charge in [-0.05, 0) is 26.0 Å². The first-order chi connectivity index (χ1) is 10.7. The molecule has 2 aliphatic heterocycles. The molecule has 2 heteroatoms. The van der Waals surface area contributed by atoms with Crippen molar-refractivity contribution in [2.45, 2.75) is 46.3 Å². The molecular weight excluding hydrogens is 270 g/mol. The van der Waals surface area contributed by atoms with E-state index < -0.39 is 0 Å². The van der Waals surface area contributed by atoms with Crippen molar-refractivity contribution in [3.8, 4) is 5.75 Å². The summed E-state index contributed by atoms with van der Waals surface area (Å²) < 4.78 is 5.79. The smallest absolute Gasteiger partial charge is 0.128 e. The van der Waals surface area contributed by atoms with E-state index in [1.807, 2.05) is 39.0 Å². The molecule has 2 atom stereocenters. The maximum atomic E-state index is 5.79. The maximum absolute atomic E-state index is 5.79. The van der Waals surface area contributed by atoms with Gasteiger partial charge in [0.2, 0.25) is 0 Å². The third kappa shape index (κ3) is 3.76. The third-order valence-corrected chi connectivity index (χ3v) is 3.60. The average molecular weight is 295 g/mol. The Labute approximate surface area is 133 Å². The van der Waals surface area contributed by atoms with Crippen LogP contribution in [-0.4, -0.2) is 17.9 Å². The van der Waals surface area contributed by atoms with Crippen LogP contribution in [0.4, 0.5) is 0 Å². The van der Waals surface area contributed by atoms with Gasteiger partial charge in [0.05, 0.1) is 6.04 Å². The minimum Gasteiger partial charge on any atom is -0.485 e. The number of allylic oxidation sites excluding steroid dienone is 3. The van der Waals surface area contributed by atoms with E-state index >= 15 is 0 Å². The molecule has 2 heterocycles. The first-order valence-corrected chi connectivity index (χ1v) is 8.09. The lowest BCUT2D eigenvalue weighted by molar-refractivity contribution is 0.279. The van der Waals surface area contributed by atoms with Crippen LogP contribution in [0.25, 0.3) is 5.57 Å². The fraction of sp³-hybridized carbons (Fsp3) is 0.350. The molecule has 22 heavy (non-hydrogen) atoms. The van der Waals surface area contributed by atoms with Gasteiger partial charge in [-0.1, -0.05) is 56.4 Å². The molecule has 0 fully saturated rings. The van der Waals surface area contributed by atoms with E-state index in [0.29, 0.717) is 6.04 Å². The zero-order chi connectivity index (χ0) is 15.9. The predicted molar refractivity (Wildman–Crippen MR) is 95.7 cm³/mol. The molecule has 2 unspecified atom stereocenters. The molecular formula is C20H25NO. The number of rotatable bonds is 0. The monoisotopic (exact) mass is 295 g/mol. The number of benzene rings is 1. The minimum atomic E-state index is 0.266. The van der Waals surface area contributed by atoms with Crippen molar-refractivity contribution in [3.05, 3.63) is 60.2 Å². The third-order valence-electron chi connectivity index (χ3n) is 3.60. The van der Waals surface area contributed by atoms with Crippen LogP contribution in [0.5, 0.6) is 5.75 Å². The molecule has 0 spiro atoms. The average Bonchev–Trinajstić information content (AvgIpc) is 3.12. The molecule has 1 aromatic carbocycles. The largest absolute Gasteiger partial charge is 0.485 e. The van der Waals surface area contributed by atoms with E-state index in [2.05, 4.69) is 48.4 Å². The second-order valence-corrected chi connectivity index (χ2v) is 5.26. The SMILES string of the molecule is C1=CCC2Oc3ccccc3C2=C1.CC.CC1=NC(C)C=C1. The number of para-hydroxylation sites is 1. The van der Waals surface area contributed by atoms with Gasteiger partial charge in [0.15, 0.2) is 0 Å². The van der Waals surface area contributed by atoms with Crippen molar-refractivity contribution >= 4 is 11.3 Å². The number of fused-ring (bicyclic) bond motifs is 3. The Morgan fingerprint density at radius 2 is 1.95 bits per heavy atom. The molecule has 3 aliphatic rings. The Bertz CT molecular complexity index is 622. The summed E-state index contributed by atoms with van der Waals surface area (Å²) in [5.41, 5.74) is 3.74. The van der Waals surface area contributed by atoms with Crippen molar-refractivity contribution in [2.24, 2.45) is 4.99 Å². The summed E-state index contributed by atoms with van der Waals surface area (Å²) in [6, 6.07) is 8.67. The molecule has 0 radical (unpaired) electrons. The van der Waals surface area contributed by atoms with Crippen molar-refractivity contribution in [1.29, 1.82) is 0 Å². The molecule has 1 aliphatic carbocycles. The van der Waals surface area contributed by atoms with E-state index in [0.717, 1.165) is 17.9 Å². The highest BCUT2D eigenvalue weighted by molar-refractivity contribution is 5.94. The quantitative estimate of drug-likeness (QED) is 0.643. The van der Waals surface area contributed by atoms with Gasteiger partial charge in [-0.2, -0.15) is 0 Å². The number of ether oxygens (including phenoxy) is 1. The lowest BCUT2D eigenvalue weighted by atomic mass is 9.97. The van der Waals surface area contributed by atoms with Gasteiger partial charge >= 0.3 is 0 Å². The van der Waals surface area contributed by atoms with Crippen molar-refractivity contribution < 1.29 is 4.74 Å². The minimum absolute atomic E-state index is 0.266. The van der Waals surface area contributed by atoms with E-state index in [1.54, 1.807) is 0 Å². The predicted octanol–water partition coefficient (Wildman–Crippen LogP) is 5.22. The second kappa shape index (κ2) is 7.79. The molecule has 4 rings (SSSR count).